The second-order valence-electron chi connectivity index (χ2n) is 5.52. The number of nitrogens with zero attached hydrogens (tertiary/aromatic N) is 3. The number of likely N-dealkylation sites (N-methyl/N-ethyl adjacent to an activating group) is 1. The summed E-state index contributed by atoms with van der Waals surface area (Å²) in [6, 6.07) is 8.17. The maximum absolute atomic E-state index is 6.07. The van der Waals surface area contributed by atoms with Gasteiger partial charge in [0.25, 0.3) is 0 Å². The van der Waals surface area contributed by atoms with Crippen molar-refractivity contribution >= 4 is 17.0 Å². The van der Waals surface area contributed by atoms with Gasteiger partial charge in [-0.2, -0.15) is 0 Å². The molecule has 0 aliphatic heterocycles. The standard InChI is InChI=1S/C14H20N4/c1-17(2)14(8-5-9-14)10-18-12-7-4-3-6-11(12)16-13(18)15/h3-4,6-7H,5,8-10H2,1-2H3,(H2,15,16). The summed E-state index contributed by atoms with van der Waals surface area (Å²) < 4.78 is 2.16. The Morgan fingerprint density at radius 1 is 1.33 bits per heavy atom. The molecule has 3 rings (SSSR count). The minimum absolute atomic E-state index is 0.261. The number of benzene rings is 1. The molecule has 1 heterocycles. The molecule has 1 aromatic carbocycles. The van der Waals surface area contributed by atoms with Crippen LogP contribution in [0.25, 0.3) is 11.0 Å². The Labute approximate surface area is 107 Å². The second-order valence-corrected chi connectivity index (χ2v) is 5.52. The molecular weight excluding hydrogens is 224 g/mol. The van der Waals surface area contributed by atoms with Crippen LogP contribution in [-0.4, -0.2) is 34.1 Å². The van der Waals surface area contributed by atoms with Crippen LogP contribution in [0.4, 0.5) is 5.95 Å². The summed E-state index contributed by atoms with van der Waals surface area (Å²) in [5, 5.41) is 0. The highest BCUT2D eigenvalue weighted by Crippen LogP contribution is 2.38. The fourth-order valence-electron chi connectivity index (χ4n) is 2.89. The van der Waals surface area contributed by atoms with Gasteiger partial charge < -0.3 is 15.2 Å². The van der Waals surface area contributed by atoms with Gasteiger partial charge in [0.2, 0.25) is 5.95 Å². The zero-order valence-corrected chi connectivity index (χ0v) is 11.1. The third-order valence-electron chi connectivity index (χ3n) is 4.37. The summed E-state index contributed by atoms with van der Waals surface area (Å²) in [5.74, 6) is 0.629. The maximum Gasteiger partial charge on any atom is 0.201 e. The summed E-state index contributed by atoms with van der Waals surface area (Å²) in [7, 11) is 4.32. The van der Waals surface area contributed by atoms with Crippen molar-refractivity contribution in [2.75, 3.05) is 19.8 Å². The third kappa shape index (κ3) is 1.60. The third-order valence-corrected chi connectivity index (χ3v) is 4.37. The Kier molecular flexibility index (Phi) is 2.55. The predicted molar refractivity (Wildman–Crippen MR) is 74.4 cm³/mol. The molecule has 96 valence electrons. The first kappa shape index (κ1) is 11.5. The van der Waals surface area contributed by atoms with Gasteiger partial charge >= 0.3 is 0 Å². The van der Waals surface area contributed by atoms with Crippen molar-refractivity contribution in [3.8, 4) is 0 Å². The van der Waals surface area contributed by atoms with Crippen LogP contribution >= 0.6 is 0 Å². The highest BCUT2D eigenvalue weighted by molar-refractivity contribution is 5.78. The van der Waals surface area contributed by atoms with Crippen LogP contribution in [0, 0.1) is 0 Å². The molecule has 0 amide bonds. The average molecular weight is 244 g/mol. The van der Waals surface area contributed by atoms with Gasteiger partial charge in [-0.05, 0) is 45.5 Å². The minimum atomic E-state index is 0.261. The van der Waals surface area contributed by atoms with Gasteiger partial charge in [-0.25, -0.2) is 4.98 Å². The smallest absolute Gasteiger partial charge is 0.201 e. The first-order chi connectivity index (χ1) is 8.62. The van der Waals surface area contributed by atoms with E-state index in [1.165, 1.54) is 19.3 Å². The van der Waals surface area contributed by atoms with E-state index in [1.54, 1.807) is 0 Å². The van der Waals surface area contributed by atoms with Crippen molar-refractivity contribution in [3.63, 3.8) is 0 Å². The monoisotopic (exact) mass is 244 g/mol. The van der Waals surface area contributed by atoms with Crippen LogP contribution < -0.4 is 5.73 Å². The van der Waals surface area contributed by atoms with Crippen LogP contribution in [0.1, 0.15) is 19.3 Å². The van der Waals surface area contributed by atoms with Crippen molar-refractivity contribution in [1.29, 1.82) is 0 Å². The fourth-order valence-corrected chi connectivity index (χ4v) is 2.89. The van der Waals surface area contributed by atoms with Crippen LogP contribution in [0.5, 0.6) is 0 Å². The Morgan fingerprint density at radius 2 is 2.06 bits per heavy atom. The number of para-hydroxylation sites is 2. The van der Waals surface area contributed by atoms with E-state index in [0.717, 1.165) is 17.6 Å². The lowest BCUT2D eigenvalue weighted by Crippen LogP contribution is -2.53. The first-order valence-corrected chi connectivity index (χ1v) is 6.51. The molecular formula is C14H20N4. The number of aromatic nitrogens is 2. The van der Waals surface area contributed by atoms with Gasteiger partial charge in [0, 0.05) is 12.1 Å². The lowest BCUT2D eigenvalue weighted by Gasteiger charge is -2.47. The molecule has 2 N–H and O–H groups in total. The Hall–Kier alpha value is -1.55. The van der Waals surface area contributed by atoms with Crippen molar-refractivity contribution in [2.24, 2.45) is 0 Å². The van der Waals surface area contributed by atoms with Crippen molar-refractivity contribution < 1.29 is 0 Å². The quantitative estimate of drug-likeness (QED) is 0.899. The molecule has 1 aromatic heterocycles. The van der Waals surface area contributed by atoms with E-state index in [0.29, 0.717) is 5.95 Å². The Balaban J connectivity index is 2.02. The van der Waals surface area contributed by atoms with Crippen LogP contribution in [0.3, 0.4) is 0 Å². The van der Waals surface area contributed by atoms with E-state index in [1.807, 2.05) is 18.2 Å². The van der Waals surface area contributed by atoms with Gasteiger partial charge in [0.1, 0.15) is 0 Å². The lowest BCUT2D eigenvalue weighted by molar-refractivity contribution is 0.0440. The number of anilines is 1. The zero-order chi connectivity index (χ0) is 12.8. The fraction of sp³-hybridized carbons (Fsp3) is 0.500. The molecule has 18 heavy (non-hydrogen) atoms. The number of rotatable bonds is 3. The molecule has 0 bridgehead atoms. The van der Waals surface area contributed by atoms with E-state index in [9.17, 15) is 0 Å². The zero-order valence-electron chi connectivity index (χ0n) is 11.1. The molecule has 0 atom stereocenters. The van der Waals surface area contributed by atoms with Gasteiger partial charge in [-0.3, -0.25) is 0 Å². The van der Waals surface area contributed by atoms with E-state index >= 15 is 0 Å². The van der Waals surface area contributed by atoms with E-state index in [4.69, 9.17) is 5.73 Å². The summed E-state index contributed by atoms with van der Waals surface area (Å²) in [4.78, 5) is 6.78. The summed E-state index contributed by atoms with van der Waals surface area (Å²) in [6.07, 6.45) is 3.79. The molecule has 2 aromatic rings. The van der Waals surface area contributed by atoms with E-state index < -0.39 is 0 Å². The van der Waals surface area contributed by atoms with Crippen LogP contribution in [0.2, 0.25) is 0 Å². The van der Waals surface area contributed by atoms with Crippen LogP contribution in [0.15, 0.2) is 24.3 Å². The number of hydrogen-bond donors (Lipinski definition) is 1. The van der Waals surface area contributed by atoms with Gasteiger partial charge in [0.05, 0.1) is 11.0 Å². The van der Waals surface area contributed by atoms with E-state index in [-0.39, 0.29) is 5.54 Å². The minimum Gasteiger partial charge on any atom is -0.369 e. The molecule has 1 aliphatic carbocycles. The molecule has 0 unspecified atom stereocenters. The molecule has 1 fully saturated rings. The highest BCUT2D eigenvalue weighted by atomic mass is 15.2. The second kappa shape index (κ2) is 3.99. The number of fused-ring (bicyclic) bond motifs is 1. The van der Waals surface area contributed by atoms with Crippen LogP contribution in [-0.2, 0) is 6.54 Å². The molecule has 0 radical (unpaired) electrons. The summed E-state index contributed by atoms with van der Waals surface area (Å²) >= 11 is 0. The van der Waals surface area contributed by atoms with Gasteiger partial charge in [0.15, 0.2) is 0 Å². The number of imidazole rings is 1. The SMILES string of the molecule is CN(C)C1(Cn2c(N)nc3ccccc32)CCC1. The largest absolute Gasteiger partial charge is 0.369 e. The van der Waals surface area contributed by atoms with Crippen molar-refractivity contribution in [1.82, 2.24) is 14.5 Å². The van der Waals surface area contributed by atoms with Crippen molar-refractivity contribution in [3.05, 3.63) is 24.3 Å². The molecule has 1 aliphatic rings. The van der Waals surface area contributed by atoms with Crippen molar-refractivity contribution in [2.45, 2.75) is 31.3 Å². The lowest BCUT2D eigenvalue weighted by atomic mass is 9.75. The van der Waals surface area contributed by atoms with Gasteiger partial charge in [-0.15, -0.1) is 0 Å². The molecule has 0 spiro atoms. The molecule has 4 heteroatoms. The molecule has 1 saturated carbocycles. The summed E-state index contributed by atoms with van der Waals surface area (Å²) in [5.41, 5.74) is 8.47. The predicted octanol–water partition coefficient (Wildman–Crippen LogP) is 2.10. The number of hydrogen-bond acceptors (Lipinski definition) is 3. The van der Waals surface area contributed by atoms with E-state index in [2.05, 4.69) is 34.6 Å². The topological polar surface area (TPSA) is 47.1 Å². The van der Waals surface area contributed by atoms with Gasteiger partial charge in [-0.1, -0.05) is 12.1 Å². The normalized spacial score (nSPS) is 18.2. The summed E-state index contributed by atoms with van der Waals surface area (Å²) in [6.45, 7) is 0.937. The Bertz CT molecular complexity index is 566. The number of nitrogen functional groups attached to an aromatic ring is 1. The average Bonchev–Trinajstić information content (AvgIpc) is 2.59. The number of nitrogens with two attached hydrogens (primary N) is 1. The first-order valence-electron chi connectivity index (χ1n) is 6.51. The molecule has 4 nitrogen and oxygen atoms in total. The Morgan fingerprint density at radius 3 is 2.67 bits per heavy atom. The molecule has 0 saturated heterocycles. The highest BCUT2D eigenvalue weighted by Gasteiger charge is 2.39. The maximum atomic E-state index is 6.07.